The van der Waals surface area contributed by atoms with E-state index in [0.717, 1.165) is 29.8 Å². The number of imidazole rings is 1. The van der Waals surface area contributed by atoms with Crippen LogP contribution in [-0.4, -0.2) is 27.0 Å². The molecule has 0 aliphatic rings. The molecule has 1 N–H and O–H groups in total. The summed E-state index contributed by atoms with van der Waals surface area (Å²) in [5, 5.41) is 2.93. The first-order chi connectivity index (χ1) is 12.2. The molecule has 3 aromatic rings. The summed E-state index contributed by atoms with van der Waals surface area (Å²) in [4.78, 5) is 21.0. The zero-order valence-corrected chi connectivity index (χ0v) is 14.8. The first-order valence-electron chi connectivity index (χ1n) is 8.82. The predicted octanol–water partition coefficient (Wildman–Crippen LogP) is 3.45. The molecule has 0 aliphatic carbocycles. The van der Waals surface area contributed by atoms with Gasteiger partial charge in [-0.1, -0.05) is 38.5 Å². The number of amides is 1. The lowest BCUT2D eigenvalue weighted by molar-refractivity contribution is 0.0949. The molecule has 2 heterocycles. The first-order valence-corrected chi connectivity index (χ1v) is 8.82. The SMILES string of the molecule is CCC(C)Cn1c(CCNC(=O)c2ccccn2)nc2ccccc21. The smallest absolute Gasteiger partial charge is 0.269 e. The molecule has 5 nitrogen and oxygen atoms in total. The van der Waals surface area contributed by atoms with Crippen LogP contribution in [0.5, 0.6) is 0 Å². The predicted molar refractivity (Wildman–Crippen MR) is 99.5 cm³/mol. The number of benzene rings is 1. The van der Waals surface area contributed by atoms with E-state index in [0.29, 0.717) is 24.6 Å². The summed E-state index contributed by atoms with van der Waals surface area (Å²) in [6.07, 6.45) is 3.45. The number of para-hydroxylation sites is 2. The number of aromatic nitrogens is 3. The van der Waals surface area contributed by atoms with Crippen LogP contribution in [0.2, 0.25) is 0 Å². The summed E-state index contributed by atoms with van der Waals surface area (Å²) in [6.45, 7) is 5.94. The van der Waals surface area contributed by atoms with Crippen LogP contribution in [-0.2, 0) is 13.0 Å². The first kappa shape index (κ1) is 17.1. The highest BCUT2D eigenvalue weighted by Crippen LogP contribution is 2.19. The van der Waals surface area contributed by atoms with Gasteiger partial charge in [-0.15, -0.1) is 0 Å². The highest BCUT2D eigenvalue weighted by molar-refractivity contribution is 5.92. The van der Waals surface area contributed by atoms with Gasteiger partial charge in [0.1, 0.15) is 11.5 Å². The molecule has 1 amide bonds. The number of rotatable bonds is 7. The molecular weight excluding hydrogens is 312 g/mol. The van der Waals surface area contributed by atoms with Crippen molar-refractivity contribution < 1.29 is 4.79 Å². The Bertz CT molecular complexity index is 841. The van der Waals surface area contributed by atoms with Crippen molar-refractivity contribution in [1.29, 1.82) is 0 Å². The molecule has 1 aromatic carbocycles. The fourth-order valence-corrected chi connectivity index (χ4v) is 2.84. The highest BCUT2D eigenvalue weighted by Gasteiger charge is 2.13. The van der Waals surface area contributed by atoms with Crippen molar-refractivity contribution >= 4 is 16.9 Å². The molecule has 0 bridgehead atoms. The molecule has 1 unspecified atom stereocenters. The van der Waals surface area contributed by atoms with E-state index in [1.165, 1.54) is 0 Å². The van der Waals surface area contributed by atoms with Crippen LogP contribution in [0.3, 0.4) is 0 Å². The summed E-state index contributed by atoms with van der Waals surface area (Å²) in [5.41, 5.74) is 2.61. The van der Waals surface area contributed by atoms with E-state index >= 15 is 0 Å². The Kier molecular flexibility index (Phi) is 5.43. The van der Waals surface area contributed by atoms with Crippen LogP contribution < -0.4 is 5.32 Å². The van der Waals surface area contributed by atoms with Gasteiger partial charge < -0.3 is 9.88 Å². The van der Waals surface area contributed by atoms with E-state index in [1.54, 1.807) is 18.3 Å². The van der Waals surface area contributed by atoms with Gasteiger partial charge in [0.15, 0.2) is 0 Å². The minimum absolute atomic E-state index is 0.148. The van der Waals surface area contributed by atoms with E-state index in [4.69, 9.17) is 4.98 Å². The largest absolute Gasteiger partial charge is 0.350 e. The van der Waals surface area contributed by atoms with Crippen LogP contribution in [0.25, 0.3) is 11.0 Å². The average molecular weight is 336 g/mol. The minimum atomic E-state index is -0.148. The maximum Gasteiger partial charge on any atom is 0.269 e. The van der Waals surface area contributed by atoms with E-state index in [1.807, 2.05) is 24.3 Å². The van der Waals surface area contributed by atoms with Gasteiger partial charge in [0.2, 0.25) is 0 Å². The van der Waals surface area contributed by atoms with Crippen molar-refractivity contribution in [2.45, 2.75) is 33.2 Å². The van der Waals surface area contributed by atoms with E-state index < -0.39 is 0 Å². The Morgan fingerprint density at radius 3 is 2.76 bits per heavy atom. The minimum Gasteiger partial charge on any atom is -0.350 e. The summed E-state index contributed by atoms with van der Waals surface area (Å²) in [7, 11) is 0. The monoisotopic (exact) mass is 336 g/mol. The number of nitrogens with one attached hydrogen (secondary N) is 1. The molecule has 5 heteroatoms. The van der Waals surface area contributed by atoms with Crippen molar-refractivity contribution in [1.82, 2.24) is 19.9 Å². The topological polar surface area (TPSA) is 59.8 Å². The molecule has 1 atom stereocenters. The Balaban J connectivity index is 1.72. The number of fused-ring (bicyclic) bond motifs is 1. The maximum atomic E-state index is 12.1. The lowest BCUT2D eigenvalue weighted by Crippen LogP contribution is -2.27. The average Bonchev–Trinajstić information content (AvgIpc) is 2.99. The number of carbonyl (C=O) groups excluding carboxylic acids is 1. The van der Waals surface area contributed by atoms with Gasteiger partial charge in [0, 0.05) is 25.7 Å². The van der Waals surface area contributed by atoms with Crippen LogP contribution in [0, 0.1) is 5.92 Å². The molecule has 0 spiro atoms. The molecule has 3 rings (SSSR count). The van der Waals surface area contributed by atoms with Gasteiger partial charge in [0.25, 0.3) is 5.91 Å². The lowest BCUT2D eigenvalue weighted by Gasteiger charge is -2.14. The maximum absolute atomic E-state index is 12.1. The van der Waals surface area contributed by atoms with E-state index in [-0.39, 0.29) is 5.91 Å². The Morgan fingerprint density at radius 2 is 2.00 bits per heavy atom. The van der Waals surface area contributed by atoms with Gasteiger partial charge >= 0.3 is 0 Å². The molecule has 130 valence electrons. The highest BCUT2D eigenvalue weighted by atomic mass is 16.1. The summed E-state index contributed by atoms with van der Waals surface area (Å²) >= 11 is 0. The zero-order chi connectivity index (χ0) is 17.6. The summed E-state index contributed by atoms with van der Waals surface area (Å²) < 4.78 is 2.29. The number of pyridine rings is 1. The molecule has 0 saturated carbocycles. The zero-order valence-electron chi connectivity index (χ0n) is 14.8. The normalized spacial score (nSPS) is 12.2. The van der Waals surface area contributed by atoms with Crippen LogP contribution in [0.15, 0.2) is 48.7 Å². The van der Waals surface area contributed by atoms with Crippen LogP contribution in [0.4, 0.5) is 0 Å². The van der Waals surface area contributed by atoms with Crippen molar-refractivity contribution in [3.63, 3.8) is 0 Å². The summed E-state index contributed by atoms with van der Waals surface area (Å²) in [5.74, 6) is 1.45. The number of carbonyl (C=O) groups is 1. The third kappa shape index (κ3) is 4.05. The second-order valence-electron chi connectivity index (χ2n) is 6.36. The molecule has 0 aliphatic heterocycles. The lowest BCUT2D eigenvalue weighted by atomic mass is 10.1. The fraction of sp³-hybridized carbons (Fsp3) is 0.350. The van der Waals surface area contributed by atoms with Crippen molar-refractivity contribution in [3.05, 3.63) is 60.2 Å². The van der Waals surface area contributed by atoms with Gasteiger partial charge in [0.05, 0.1) is 11.0 Å². The van der Waals surface area contributed by atoms with E-state index in [9.17, 15) is 4.79 Å². The van der Waals surface area contributed by atoms with E-state index in [2.05, 4.69) is 34.8 Å². The Hall–Kier alpha value is -2.69. The molecule has 0 radical (unpaired) electrons. The quantitative estimate of drug-likeness (QED) is 0.719. The fourth-order valence-electron chi connectivity index (χ4n) is 2.84. The van der Waals surface area contributed by atoms with Crippen molar-refractivity contribution in [3.8, 4) is 0 Å². The Labute approximate surface area is 148 Å². The van der Waals surface area contributed by atoms with Crippen molar-refractivity contribution in [2.75, 3.05) is 6.54 Å². The second-order valence-corrected chi connectivity index (χ2v) is 6.36. The van der Waals surface area contributed by atoms with Crippen LogP contribution >= 0.6 is 0 Å². The van der Waals surface area contributed by atoms with Crippen LogP contribution in [0.1, 0.15) is 36.6 Å². The van der Waals surface area contributed by atoms with Gasteiger partial charge in [-0.25, -0.2) is 4.98 Å². The molecular formula is C20H24N4O. The molecule has 2 aromatic heterocycles. The number of hydrogen-bond acceptors (Lipinski definition) is 3. The third-order valence-corrected chi connectivity index (χ3v) is 4.46. The second kappa shape index (κ2) is 7.92. The molecule has 0 saturated heterocycles. The number of nitrogens with zero attached hydrogens (tertiary/aromatic N) is 3. The standard InChI is InChI=1S/C20H24N4O/c1-3-15(2)14-24-18-10-5-4-8-16(18)23-19(24)11-13-22-20(25)17-9-6-7-12-21-17/h4-10,12,15H,3,11,13-14H2,1-2H3,(H,22,25). The Morgan fingerprint density at radius 1 is 1.20 bits per heavy atom. The molecule has 25 heavy (non-hydrogen) atoms. The summed E-state index contributed by atoms with van der Waals surface area (Å²) in [6, 6.07) is 13.5. The van der Waals surface area contributed by atoms with Gasteiger partial charge in [-0.2, -0.15) is 0 Å². The van der Waals surface area contributed by atoms with Gasteiger partial charge in [-0.05, 0) is 30.2 Å². The number of hydrogen-bond donors (Lipinski definition) is 1. The van der Waals surface area contributed by atoms with Gasteiger partial charge in [-0.3, -0.25) is 9.78 Å². The van der Waals surface area contributed by atoms with Crippen molar-refractivity contribution in [2.24, 2.45) is 5.92 Å². The molecule has 0 fully saturated rings. The third-order valence-electron chi connectivity index (χ3n) is 4.46.